The maximum absolute atomic E-state index is 12.3. The number of carbonyl (C=O) groups excluding carboxylic acids is 3. The van der Waals surface area contributed by atoms with Crippen LogP contribution >= 0.6 is 0 Å². The second-order valence-corrected chi connectivity index (χ2v) is 6.96. The minimum atomic E-state index is -0.371. The van der Waals surface area contributed by atoms with E-state index < -0.39 is 0 Å². The minimum absolute atomic E-state index is 0.178. The summed E-state index contributed by atoms with van der Waals surface area (Å²) in [6.07, 6.45) is 2.18. The summed E-state index contributed by atoms with van der Waals surface area (Å²) in [5.41, 5.74) is 3.21. The number of rotatable bonds is 5. The molecular formula is C22H19N3O4. The molecule has 2 aromatic carbocycles. The molecule has 0 bridgehead atoms. The molecule has 0 saturated carbocycles. The summed E-state index contributed by atoms with van der Waals surface area (Å²) < 4.78 is 5.73. The van der Waals surface area contributed by atoms with Crippen molar-refractivity contribution in [2.24, 2.45) is 0 Å². The van der Waals surface area contributed by atoms with Crippen LogP contribution in [0.4, 0.5) is 5.69 Å². The number of benzene rings is 2. The predicted molar refractivity (Wildman–Crippen MR) is 106 cm³/mol. The Morgan fingerprint density at radius 2 is 1.79 bits per heavy atom. The third-order valence-corrected chi connectivity index (χ3v) is 4.83. The number of aryl methyl sites for hydroxylation is 2. The zero-order valence-electron chi connectivity index (χ0n) is 16.1. The Balaban J connectivity index is 1.37. The van der Waals surface area contributed by atoms with Crippen LogP contribution in [0.5, 0.6) is 0 Å². The largest absolute Gasteiger partial charge is 0.441 e. The van der Waals surface area contributed by atoms with Gasteiger partial charge in [-0.2, -0.15) is 0 Å². The number of nitrogens with one attached hydrogen (secondary N) is 1. The molecule has 0 atom stereocenters. The molecule has 1 aromatic heterocycles. The fourth-order valence-electron chi connectivity index (χ4n) is 3.16. The van der Waals surface area contributed by atoms with Gasteiger partial charge in [-0.1, -0.05) is 29.8 Å². The minimum Gasteiger partial charge on any atom is -0.441 e. The smallest absolute Gasteiger partial charge is 0.261 e. The van der Waals surface area contributed by atoms with E-state index in [4.69, 9.17) is 4.42 Å². The maximum atomic E-state index is 12.3. The first kappa shape index (κ1) is 18.6. The summed E-state index contributed by atoms with van der Waals surface area (Å²) in [5.74, 6) is 0.198. The second kappa shape index (κ2) is 7.35. The number of nitrogens with zero attached hydrogens (tertiary/aromatic N) is 2. The van der Waals surface area contributed by atoms with Crippen molar-refractivity contribution in [1.82, 2.24) is 9.88 Å². The fourth-order valence-corrected chi connectivity index (χ4v) is 3.16. The quantitative estimate of drug-likeness (QED) is 0.675. The van der Waals surface area contributed by atoms with Gasteiger partial charge < -0.3 is 9.73 Å². The van der Waals surface area contributed by atoms with Gasteiger partial charge in [0.1, 0.15) is 0 Å². The molecular weight excluding hydrogens is 370 g/mol. The van der Waals surface area contributed by atoms with Crippen LogP contribution < -0.4 is 5.32 Å². The van der Waals surface area contributed by atoms with Gasteiger partial charge in [0.15, 0.2) is 11.7 Å². The van der Waals surface area contributed by atoms with E-state index in [1.54, 1.807) is 18.3 Å². The summed E-state index contributed by atoms with van der Waals surface area (Å²) in [7, 11) is 1.43. The number of hydrogen-bond donors (Lipinski definition) is 1. The van der Waals surface area contributed by atoms with Crippen molar-refractivity contribution >= 4 is 23.4 Å². The van der Waals surface area contributed by atoms with Crippen molar-refractivity contribution < 1.29 is 18.8 Å². The van der Waals surface area contributed by atoms with E-state index in [0.717, 1.165) is 16.0 Å². The highest BCUT2D eigenvalue weighted by Crippen LogP contribution is 2.25. The summed E-state index contributed by atoms with van der Waals surface area (Å²) in [4.78, 5) is 41.5. The molecule has 1 N–H and O–H groups in total. The molecule has 1 aliphatic heterocycles. The lowest BCUT2D eigenvalue weighted by Crippen LogP contribution is -2.24. The summed E-state index contributed by atoms with van der Waals surface area (Å²) >= 11 is 0. The Hall–Kier alpha value is -3.74. The SMILES string of the molecule is Cc1ccc(-c2cnc(CCC(=O)Nc3ccc4c(c3)C(=O)N(C)C4=O)o2)cc1. The van der Waals surface area contributed by atoms with E-state index in [9.17, 15) is 14.4 Å². The summed E-state index contributed by atoms with van der Waals surface area (Å²) in [5, 5.41) is 2.75. The molecule has 0 radical (unpaired) electrons. The van der Waals surface area contributed by atoms with Gasteiger partial charge in [0, 0.05) is 31.1 Å². The van der Waals surface area contributed by atoms with Crippen LogP contribution in [0.1, 0.15) is 38.6 Å². The molecule has 29 heavy (non-hydrogen) atoms. The number of imide groups is 1. The van der Waals surface area contributed by atoms with Gasteiger partial charge in [-0.15, -0.1) is 0 Å². The van der Waals surface area contributed by atoms with E-state index in [2.05, 4.69) is 10.3 Å². The van der Waals surface area contributed by atoms with E-state index in [-0.39, 0.29) is 24.1 Å². The Morgan fingerprint density at radius 1 is 1.07 bits per heavy atom. The number of anilines is 1. The monoisotopic (exact) mass is 389 g/mol. The molecule has 0 aliphatic carbocycles. The predicted octanol–water partition coefficient (Wildman–Crippen LogP) is 3.45. The average molecular weight is 389 g/mol. The molecule has 7 heteroatoms. The fraction of sp³-hybridized carbons (Fsp3) is 0.182. The van der Waals surface area contributed by atoms with E-state index >= 15 is 0 Å². The first-order valence-corrected chi connectivity index (χ1v) is 9.20. The van der Waals surface area contributed by atoms with Gasteiger partial charge in [0.25, 0.3) is 11.8 Å². The topological polar surface area (TPSA) is 92.5 Å². The Bertz CT molecular complexity index is 1120. The average Bonchev–Trinajstić information content (AvgIpc) is 3.27. The zero-order chi connectivity index (χ0) is 20.5. The van der Waals surface area contributed by atoms with Crippen LogP contribution in [0.25, 0.3) is 11.3 Å². The molecule has 146 valence electrons. The number of fused-ring (bicyclic) bond motifs is 1. The van der Waals surface area contributed by atoms with Crippen LogP contribution in [0.3, 0.4) is 0 Å². The van der Waals surface area contributed by atoms with E-state index in [1.165, 1.54) is 13.1 Å². The number of carbonyl (C=O) groups is 3. The number of amides is 3. The number of aromatic nitrogens is 1. The van der Waals surface area contributed by atoms with E-state index in [0.29, 0.717) is 34.9 Å². The lowest BCUT2D eigenvalue weighted by atomic mass is 10.1. The first-order valence-electron chi connectivity index (χ1n) is 9.20. The Labute approximate surface area is 167 Å². The van der Waals surface area contributed by atoms with Crippen LogP contribution in [-0.2, 0) is 11.2 Å². The lowest BCUT2D eigenvalue weighted by molar-refractivity contribution is -0.116. The van der Waals surface area contributed by atoms with Crippen molar-refractivity contribution in [2.75, 3.05) is 12.4 Å². The molecule has 0 saturated heterocycles. The van der Waals surface area contributed by atoms with Crippen molar-refractivity contribution in [3.05, 3.63) is 71.2 Å². The van der Waals surface area contributed by atoms with Gasteiger partial charge in [0.05, 0.1) is 17.3 Å². The zero-order valence-corrected chi connectivity index (χ0v) is 16.1. The number of hydrogen-bond acceptors (Lipinski definition) is 5. The van der Waals surface area contributed by atoms with Crippen molar-refractivity contribution in [3.63, 3.8) is 0 Å². The first-order chi connectivity index (χ1) is 13.9. The van der Waals surface area contributed by atoms with Crippen LogP contribution in [-0.4, -0.2) is 34.7 Å². The standard InChI is InChI=1S/C22H19N3O4/c1-13-3-5-14(6-4-13)18-12-23-20(29-18)10-9-19(26)24-15-7-8-16-17(11-15)22(28)25(2)21(16)27/h3-8,11-12H,9-10H2,1-2H3,(H,24,26). The third kappa shape index (κ3) is 3.67. The summed E-state index contributed by atoms with van der Waals surface area (Å²) in [6, 6.07) is 12.6. The van der Waals surface area contributed by atoms with Crippen LogP contribution in [0.15, 0.2) is 53.1 Å². The molecule has 0 fully saturated rings. The van der Waals surface area contributed by atoms with Crippen molar-refractivity contribution in [3.8, 4) is 11.3 Å². The van der Waals surface area contributed by atoms with Crippen LogP contribution in [0, 0.1) is 6.92 Å². The van der Waals surface area contributed by atoms with Gasteiger partial charge in [-0.05, 0) is 25.1 Å². The highest BCUT2D eigenvalue weighted by atomic mass is 16.4. The molecule has 3 aromatic rings. The maximum Gasteiger partial charge on any atom is 0.261 e. The van der Waals surface area contributed by atoms with Crippen molar-refractivity contribution in [1.29, 1.82) is 0 Å². The molecule has 0 spiro atoms. The highest BCUT2D eigenvalue weighted by molar-refractivity contribution is 6.21. The van der Waals surface area contributed by atoms with Crippen LogP contribution in [0.2, 0.25) is 0 Å². The molecule has 7 nitrogen and oxygen atoms in total. The number of oxazole rings is 1. The second-order valence-electron chi connectivity index (χ2n) is 6.96. The Kier molecular flexibility index (Phi) is 4.72. The van der Waals surface area contributed by atoms with E-state index in [1.807, 2.05) is 31.2 Å². The van der Waals surface area contributed by atoms with Gasteiger partial charge in [-0.3, -0.25) is 19.3 Å². The molecule has 4 rings (SSSR count). The molecule has 1 aliphatic rings. The van der Waals surface area contributed by atoms with Gasteiger partial charge in [0.2, 0.25) is 5.91 Å². The Morgan fingerprint density at radius 3 is 2.55 bits per heavy atom. The highest BCUT2D eigenvalue weighted by Gasteiger charge is 2.32. The van der Waals surface area contributed by atoms with Gasteiger partial charge >= 0.3 is 0 Å². The summed E-state index contributed by atoms with van der Waals surface area (Å²) in [6.45, 7) is 2.02. The molecule has 0 unspecified atom stereocenters. The molecule has 2 heterocycles. The molecule has 3 amide bonds. The van der Waals surface area contributed by atoms with Gasteiger partial charge in [-0.25, -0.2) is 4.98 Å². The normalized spacial score (nSPS) is 13.0. The lowest BCUT2D eigenvalue weighted by Gasteiger charge is -2.05. The third-order valence-electron chi connectivity index (χ3n) is 4.83. The van der Waals surface area contributed by atoms with Crippen molar-refractivity contribution in [2.45, 2.75) is 19.8 Å².